The van der Waals surface area contributed by atoms with Crippen LogP contribution in [0.4, 0.5) is 0 Å². The Bertz CT molecular complexity index is 1300. The van der Waals surface area contributed by atoms with E-state index in [1.165, 1.54) is 7.11 Å². The molecule has 0 aliphatic carbocycles. The summed E-state index contributed by atoms with van der Waals surface area (Å²) in [5.74, 6) is 0.556. The third-order valence-electron chi connectivity index (χ3n) is 5.05. The molecule has 2 heterocycles. The van der Waals surface area contributed by atoms with Gasteiger partial charge in [0.2, 0.25) is 0 Å². The van der Waals surface area contributed by atoms with Gasteiger partial charge in [0.15, 0.2) is 0 Å². The molecule has 2 aromatic heterocycles. The molecule has 1 amide bonds. The summed E-state index contributed by atoms with van der Waals surface area (Å²) in [6, 6.07) is 14.2. The average molecular weight is 437 g/mol. The number of fused-ring (bicyclic) bond motifs is 1. The Morgan fingerprint density at radius 3 is 2.65 bits per heavy atom. The predicted molar refractivity (Wildman–Crippen MR) is 120 cm³/mol. The van der Waals surface area contributed by atoms with Crippen LogP contribution in [-0.2, 0) is 6.54 Å². The Morgan fingerprint density at radius 1 is 1.19 bits per heavy atom. The molecule has 0 fully saturated rings. The number of benzene rings is 2. The molecule has 0 spiro atoms. The van der Waals surface area contributed by atoms with Crippen LogP contribution in [0.1, 0.15) is 23.1 Å². The van der Waals surface area contributed by atoms with Gasteiger partial charge in [0.25, 0.3) is 11.5 Å². The molecule has 31 heavy (non-hydrogen) atoms. The van der Waals surface area contributed by atoms with E-state index in [0.29, 0.717) is 45.3 Å². The number of nitrogens with one attached hydrogen (secondary N) is 1. The molecule has 4 rings (SSSR count). The summed E-state index contributed by atoms with van der Waals surface area (Å²) in [6.07, 6.45) is 3.73. The van der Waals surface area contributed by atoms with E-state index in [1.807, 2.05) is 42.1 Å². The lowest BCUT2D eigenvalue weighted by molar-refractivity contribution is 0.0745. The van der Waals surface area contributed by atoms with Gasteiger partial charge in [-0.2, -0.15) is 0 Å². The Labute approximate surface area is 183 Å². The summed E-state index contributed by atoms with van der Waals surface area (Å²) >= 11 is 6.48. The number of H-pyrrole nitrogens is 1. The molecule has 0 aliphatic rings. The zero-order chi connectivity index (χ0) is 22.0. The molecule has 158 valence electrons. The second-order valence-corrected chi connectivity index (χ2v) is 7.35. The lowest BCUT2D eigenvalue weighted by Crippen LogP contribution is -2.32. The first-order chi connectivity index (χ1) is 15.0. The number of hydrogen-bond donors (Lipinski definition) is 1. The van der Waals surface area contributed by atoms with E-state index in [4.69, 9.17) is 16.3 Å². The van der Waals surface area contributed by atoms with Gasteiger partial charge in [0.1, 0.15) is 11.6 Å². The van der Waals surface area contributed by atoms with Gasteiger partial charge in [-0.1, -0.05) is 23.7 Å². The van der Waals surface area contributed by atoms with E-state index in [9.17, 15) is 9.59 Å². The Kier molecular flexibility index (Phi) is 5.77. The third-order valence-corrected chi connectivity index (χ3v) is 5.36. The number of hydrogen-bond acceptors (Lipinski definition) is 4. The van der Waals surface area contributed by atoms with Crippen LogP contribution < -0.4 is 10.3 Å². The topological polar surface area (TPSA) is 80.2 Å². The number of amides is 1. The molecule has 2 aromatic carbocycles. The number of carbonyl (C=O) groups is 1. The third kappa shape index (κ3) is 4.04. The van der Waals surface area contributed by atoms with Gasteiger partial charge < -0.3 is 19.2 Å². The van der Waals surface area contributed by atoms with Crippen molar-refractivity contribution in [1.82, 2.24) is 19.4 Å². The van der Waals surface area contributed by atoms with Crippen LogP contribution in [0.2, 0.25) is 5.02 Å². The largest absolute Gasteiger partial charge is 0.496 e. The number of rotatable bonds is 6. The fraction of sp³-hybridized carbons (Fsp3) is 0.174. The van der Waals surface area contributed by atoms with Crippen LogP contribution >= 0.6 is 11.6 Å². The molecule has 4 aromatic rings. The summed E-state index contributed by atoms with van der Waals surface area (Å²) in [5, 5.41) is 0.934. The summed E-state index contributed by atoms with van der Waals surface area (Å²) < 4.78 is 7.34. The molecule has 0 saturated carbocycles. The van der Waals surface area contributed by atoms with Crippen LogP contribution in [0.5, 0.6) is 5.75 Å². The number of aromatic nitrogens is 3. The average Bonchev–Trinajstić information content (AvgIpc) is 3.31. The van der Waals surface area contributed by atoms with Crippen molar-refractivity contribution in [3.05, 3.63) is 87.7 Å². The fourth-order valence-corrected chi connectivity index (χ4v) is 3.72. The number of nitrogens with zero attached hydrogens (tertiary/aromatic N) is 3. The lowest BCUT2D eigenvalue weighted by Gasteiger charge is -2.22. The normalized spacial score (nSPS) is 10.9. The Hall–Kier alpha value is -3.58. The highest BCUT2D eigenvalue weighted by Gasteiger charge is 2.22. The first kappa shape index (κ1) is 20.7. The number of aromatic amines is 1. The second kappa shape index (κ2) is 8.65. The van der Waals surface area contributed by atoms with Crippen molar-refractivity contribution in [2.75, 3.05) is 13.7 Å². The molecular formula is C23H21ClN4O3. The first-order valence-electron chi connectivity index (χ1n) is 9.80. The quantitative estimate of drug-likeness (QED) is 0.494. The standard InChI is InChI=1S/C23H21ClN4O3/c1-3-27(14-21-25-18-9-5-4-8-15(18)22(29)26-21)23(30)16-12-17(24)19(13-20(16)31-2)28-10-6-7-11-28/h4-13H,3,14H2,1-2H3,(H,25,26,29). The lowest BCUT2D eigenvalue weighted by atomic mass is 10.1. The molecule has 0 aliphatic heterocycles. The molecule has 0 unspecified atom stereocenters. The second-order valence-electron chi connectivity index (χ2n) is 6.94. The predicted octanol–water partition coefficient (Wildman–Crippen LogP) is 4.04. The highest BCUT2D eigenvalue weighted by molar-refractivity contribution is 6.33. The SMILES string of the molecule is CCN(Cc1nc2ccccc2c(=O)[nH]1)C(=O)c1cc(Cl)c(-n2cccc2)cc1OC. The van der Waals surface area contributed by atoms with Crippen molar-refractivity contribution in [2.24, 2.45) is 0 Å². The summed E-state index contributed by atoms with van der Waals surface area (Å²) in [4.78, 5) is 34.5. The van der Waals surface area contributed by atoms with Crippen LogP contribution in [0.3, 0.4) is 0 Å². The van der Waals surface area contributed by atoms with Crippen molar-refractivity contribution in [3.8, 4) is 11.4 Å². The number of carbonyl (C=O) groups excluding carboxylic acids is 1. The van der Waals surface area contributed by atoms with Crippen LogP contribution in [0.25, 0.3) is 16.6 Å². The van der Waals surface area contributed by atoms with Crippen molar-refractivity contribution in [1.29, 1.82) is 0 Å². The molecule has 0 atom stereocenters. The zero-order valence-electron chi connectivity index (χ0n) is 17.1. The Morgan fingerprint density at radius 2 is 1.94 bits per heavy atom. The summed E-state index contributed by atoms with van der Waals surface area (Å²) in [7, 11) is 1.51. The maximum atomic E-state index is 13.3. The van der Waals surface area contributed by atoms with E-state index in [2.05, 4.69) is 9.97 Å². The van der Waals surface area contributed by atoms with E-state index in [0.717, 1.165) is 0 Å². The number of halogens is 1. The van der Waals surface area contributed by atoms with Crippen molar-refractivity contribution in [2.45, 2.75) is 13.5 Å². The molecule has 8 heteroatoms. The monoisotopic (exact) mass is 436 g/mol. The van der Waals surface area contributed by atoms with Crippen molar-refractivity contribution >= 4 is 28.4 Å². The highest BCUT2D eigenvalue weighted by atomic mass is 35.5. The van der Waals surface area contributed by atoms with Gasteiger partial charge in [-0.25, -0.2) is 4.98 Å². The Balaban J connectivity index is 1.67. The maximum absolute atomic E-state index is 13.3. The first-order valence-corrected chi connectivity index (χ1v) is 10.2. The zero-order valence-corrected chi connectivity index (χ0v) is 17.9. The molecule has 0 saturated heterocycles. The maximum Gasteiger partial charge on any atom is 0.258 e. The van der Waals surface area contributed by atoms with Gasteiger partial charge in [-0.05, 0) is 37.3 Å². The minimum absolute atomic E-state index is 0.148. The highest BCUT2D eigenvalue weighted by Crippen LogP contribution is 2.31. The van der Waals surface area contributed by atoms with E-state index in [-0.39, 0.29) is 18.0 Å². The molecule has 0 radical (unpaired) electrons. The van der Waals surface area contributed by atoms with Crippen LogP contribution in [0.15, 0.2) is 65.7 Å². The van der Waals surface area contributed by atoms with E-state index >= 15 is 0 Å². The van der Waals surface area contributed by atoms with E-state index in [1.54, 1.807) is 35.2 Å². The fourth-order valence-electron chi connectivity index (χ4n) is 3.46. The number of methoxy groups -OCH3 is 1. The summed E-state index contributed by atoms with van der Waals surface area (Å²) in [5.41, 5.74) is 1.40. The molecule has 1 N–H and O–H groups in total. The molecule has 0 bridgehead atoms. The smallest absolute Gasteiger partial charge is 0.258 e. The van der Waals surface area contributed by atoms with Gasteiger partial charge in [-0.3, -0.25) is 9.59 Å². The van der Waals surface area contributed by atoms with Gasteiger partial charge in [0, 0.05) is 25.0 Å². The van der Waals surface area contributed by atoms with Gasteiger partial charge in [0.05, 0.1) is 40.8 Å². The van der Waals surface area contributed by atoms with Gasteiger partial charge in [-0.15, -0.1) is 0 Å². The van der Waals surface area contributed by atoms with Gasteiger partial charge >= 0.3 is 0 Å². The van der Waals surface area contributed by atoms with Crippen LogP contribution in [0, 0.1) is 0 Å². The van der Waals surface area contributed by atoms with Crippen molar-refractivity contribution in [3.63, 3.8) is 0 Å². The molecule has 7 nitrogen and oxygen atoms in total. The number of para-hydroxylation sites is 1. The van der Waals surface area contributed by atoms with Crippen molar-refractivity contribution < 1.29 is 9.53 Å². The number of ether oxygens (including phenoxy) is 1. The molecular weight excluding hydrogens is 416 g/mol. The van der Waals surface area contributed by atoms with E-state index < -0.39 is 0 Å². The summed E-state index contributed by atoms with van der Waals surface area (Å²) in [6.45, 7) is 2.42. The van der Waals surface area contributed by atoms with Crippen LogP contribution in [-0.4, -0.2) is 39.0 Å². The minimum Gasteiger partial charge on any atom is -0.496 e. The minimum atomic E-state index is -0.267.